The van der Waals surface area contributed by atoms with Gasteiger partial charge >= 0.3 is 5.97 Å². The highest BCUT2D eigenvalue weighted by molar-refractivity contribution is 7.99. The Hall–Kier alpha value is -3.70. The molecular formula is C32H50N9O20P3S-4. The largest absolute Gasteiger partial charge is 0.790 e. The fraction of sp³-hybridized carbons (Fsp3) is 0.688. The van der Waals surface area contributed by atoms with Crippen molar-refractivity contribution in [3.05, 3.63) is 12.7 Å². The van der Waals surface area contributed by atoms with Gasteiger partial charge in [0.15, 0.2) is 17.7 Å². The average Bonchev–Trinajstić information content (AvgIpc) is 3.77. The molecule has 0 radical (unpaired) electrons. The minimum absolute atomic E-state index is 0.0321. The van der Waals surface area contributed by atoms with Crippen LogP contribution in [-0.4, -0.2) is 141 Å². The molecule has 368 valence electrons. The fourth-order valence-corrected chi connectivity index (χ4v) is 9.15. The van der Waals surface area contributed by atoms with Crippen LogP contribution in [0.25, 0.3) is 11.2 Å². The van der Waals surface area contributed by atoms with E-state index in [0.717, 1.165) is 17.2 Å². The van der Waals surface area contributed by atoms with Gasteiger partial charge in [-0.15, -0.1) is 0 Å². The number of rotatable bonds is 28. The van der Waals surface area contributed by atoms with E-state index in [9.17, 15) is 67.5 Å². The van der Waals surface area contributed by atoms with Crippen LogP contribution >= 0.6 is 35.2 Å². The summed E-state index contributed by atoms with van der Waals surface area (Å²) in [6.07, 6.45) is -6.29. The van der Waals surface area contributed by atoms with Crippen LogP contribution in [-0.2, 0) is 65.0 Å². The third kappa shape index (κ3) is 18.5. The average molecular weight is 1010 g/mol. The number of unbranched alkanes of at least 4 members (excludes halogenated alkanes) is 1. The second kappa shape index (κ2) is 24.9. The van der Waals surface area contributed by atoms with Crippen molar-refractivity contribution < 1.29 is 94.8 Å². The van der Waals surface area contributed by atoms with Crippen LogP contribution in [0.2, 0.25) is 0 Å². The molecule has 2 aromatic rings. The summed E-state index contributed by atoms with van der Waals surface area (Å²) in [7, 11) is -16.4. The molecule has 2 unspecified atom stereocenters. The number of hydrogen-bond donors (Lipinski definition) is 7. The number of phosphoric acid groups is 3. The molecule has 8 atom stereocenters. The molecule has 0 spiro atoms. The van der Waals surface area contributed by atoms with Gasteiger partial charge in [-0.25, -0.2) is 24.1 Å². The zero-order valence-corrected chi connectivity index (χ0v) is 38.8. The Bertz CT molecular complexity index is 2110. The molecule has 3 heterocycles. The van der Waals surface area contributed by atoms with Crippen molar-refractivity contribution in [3.63, 3.8) is 0 Å². The van der Waals surface area contributed by atoms with Crippen molar-refractivity contribution >= 4 is 81.8 Å². The standard InChI is InChI=1S/C32H54N9O20P3S/c1-18(42)40-19(31(48)56-4)7-5-6-9-34-22(44)14-65-12-11-35-21(43)8-10-36-29(47)26(46)32(2,3)15-58-64(54,55)61-63(52,53)57-13-20-25(60-62(49,50)51)24(45)30(59-20)41-17-39-23-27(33)37-16-38-28(23)41/h16-17,19-20,24-26,30,45-46H,5-15H2,1-4H3,(H,34,44)(H,35,43)(H,36,47)(H,40,42)(H,52,53)(H,54,55)(H2,33,37,38)(H2,49,50,51)/p-4/t19-,20+,24+,25+,26-,30+/m0/s1. The maximum Gasteiger partial charge on any atom is 0.328 e. The van der Waals surface area contributed by atoms with Crippen LogP contribution in [0.5, 0.6) is 0 Å². The summed E-state index contributed by atoms with van der Waals surface area (Å²) >= 11 is 1.24. The quantitative estimate of drug-likeness (QED) is 0.0240. The zero-order valence-electron chi connectivity index (χ0n) is 35.3. The number of anilines is 1. The van der Waals surface area contributed by atoms with Gasteiger partial charge in [0.25, 0.3) is 15.6 Å². The van der Waals surface area contributed by atoms with Crippen molar-refractivity contribution in [1.29, 1.82) is 0 Å². The highest BCUT2D eigenvalue weighted by Gasteiger charge is 2.47. The molecular weight excluding hydrogens is 955 g/mol. The number of carbonyl (C=O) groups is 5. The first kappa shape index (κ1) is 55.6. The number of nitrogens with two attached hydrogens (primary N) is 1. The van der Waals surface area contributed by atoms with Gasteiger partial charge in [-0.1, -0.05) is 13.8 Å². The maximum absolute atomic E-state index is 12.6. The number of aromatic nitrogens is 4. The van der Waals surface area contributed by atoms with E-state index in [4.69, 9.17) is 10.5 Å². The number of nitrogens with zero attached hydrogens (tertiary/aromatic N) is 4. The number of phosphoric ester groups is 3. The van der Waals surface area contributed by atoms with Gasteiger partial charge in [0, 0.05) is 44.1 Å². The Kier molecular flexibility index (Phi) is 21.3. The normalized spacial score (nSPS) is 20.5. The van der Waals surface area contributed by atoms with E-state index in [-0.39, 0.29) is 54.1 Å². The number of hydrogen-bond acceptors (Lipinski definition) is 25. The van der Waals surface area contributed by atoms with Gasteiger partial charge in [0.05, 0.1) is 40.2 Å². The smallest absolute Gasteiger partial charge is 0.328 e. The van der Waals surface area contributed by atoms with Crippen molar-refractivity contribution in [2.24, 2.45) is 5.41 Å². The molecule has 0 aliphatic carbocycles. The molecule has 0 bridgehead atoms. The molecule has 0 aromatic carbocycles. The molecule has 4 amide bonds. The predicted molar refractivity (Wildman–Crippen MR) is 215 cm³/mol. The van der Waals surface area contributed by atoms with Crippen LogP contribution in [0.15, 0.2) is 12.7 Å². The third-order valence-corrected chi connectivity index (χ3v) is 12.9. The van der Waals surface area contributed by atoms with Crippen molar-refractivity contribution in [3.8, 4) is 0 Å². The Morgan fingerprint density at radius 3 is 2.32 bits per heavy atom. The lowest BCUT2D eigenvalue weighted by atomic mass is 9.87. The monoisotopic (exact) mass is 1010 g/mol. The van der Waals surface area contributed by atoms with E-state index in [1.807, 2.05) is 0 Å². The molecule has 33 heteroatoms. The van der Waals surface area contributed by atoms with E-state index in [1.54, 1.807) is 0 Å². The van der Waals surface area contributed by atoms with Gasteiger partial charge in [-0.2, -0.15) is 11.8 Å². The summed E-state index contributed by atoms with van der Waals surface area (Å²) in [5.41, 5.74) is 4.02. The number of ether oxygens (including phenoxy) is 2. The summed E-state index contributed by atoms with van der Waals surface area (Å²) in [5, 5.41) is 31.5. The molecule has 8 N–H and O–H groups in total. The number of aliphatic hydroxyl groups excluding tert-OH is 2. The third-order valence-electron chi connectivity index (χ3n) is 8.96. The number of nitrogen functional groups attached to an aromatic ring is 1. The lowest BCUT2D eigenvalue weighted by Crippen LogP contribution is -2.46. The Morgan fingerprint density at radius 2 is 1.66 bits per heavy atom. The van der Waals surface area contributed by atoms with E-state index in [0.29, 0.717) is 31.6 Å². The molecule has 2 aromatic heterocycles. The Balaban J connectivity index is 1.36. The Labute approximate surface area is 375 Å². The Morgan fingerprint density at radius 1 is 0.985 bits per heavy atom. The van der Waals surface area contributed by atoms with Gasteiger partial charge in [0.1, 0.15) is 42.3 Å². The van der Waals surface area contributed by atoms with Crippen LogP contribution in [0.1, 0.15) is 52.7 Å². The summed E-state index contributed by atoms with van der Waals surface area (Å²) in [6.45, 7) is 1.62. The number of nitrogens with one attached hydrogen (secondary N) is 4. The second-order valence-electron chi connectivity index (χ2n) is 14.7. The molecule has 65 heavy (non-hydrogen) atoms. The molecule has 1 aliphatic rings. The maximum atomic E-state index is 12.6. The first-order chi connectivity index (χ1) is 30.3. The summed E-state index contributed by atoms with van der Waals surface area (Å²) in [4.78, 5) is 119. The molecule has 3 rings (SSSR count). The van der Waals surface area contributed by atoms with Crippen molar-refractivity contribution in [1.82, 2.24) is 40.8 Å². The minimum atomic E-state index is -5.94. The number of carbonyl (C=O) groups excluding carboxylic acids is 5. The number of imidazole rings is 1. The first-order valence-corrected chi connectivity index (χ1v) is 24.8. The molecule has 1 fully saturated rings. The van der Waals surface area contributed by atoms with Gasteiger partial charge in [0.2, 0.25) is 23.6 Å². The van der Waals surface area contributed by atoms with Crippen LogP contribution in [0.3, 0.4) is 0 Å². The second-order valence-corrected chi connectivity index (χ2v) is 19.8. The number of amides is 4. The van der Waals surface area contributed by atoms with Crippen LogP contribution < -0.4 is 46.6 Å². The molecule has 0 saturated carbocycles. The van der Waals surface area contributed by atoms with E-state index < -0.39 is 96.6 Å². The first-order valence-electron chi connectivity index (χ1n) is 19.3. The minimum Gasteiger partial charge on any atom is -0.790 e. The highest BCUT2D eigenvalue weighted by Crippen LogP contribution is 2.56. The summed E-state index contributed by atoms with van der Waals surface area (Å²) < 4.78 is 65.3. The molecule has 29 nitrogen and oxygen atoms in total. The molecule has 1 saturated heterocycles. The number of thioether (sulfide) groups is 1. The lowest BCUT2D eigenvalue weighted by Gasteiger charge is -2.36. The number of aliphatic hydroxyl groups is 2. The van der Waals surface area contributed by atoms with Crippen LogP contribution in [0, 0.1) is 5.41 Å². The predicted octanol–water partition coefficient (Wildman–Crippen LogP) is -4.43. The van der Waals surface area contributed by atoms with Gasteiger partial charge in [-0.05, 0) is 19.3 Å². The van der Waals surface area contributed by atoms with E-state index in [2.05, 4.69) is 58.8 Å². The number of esters is 1. The SMILES string of the molecule is COC(=O)[C@H](CCCCNC(=O)CSCCNC(=O)CCNC(=O)[C@H](O)C(C)(C)COP(=O)([O-])OP(=O)([O-])OC[C@H]1O[C@@H](n2cnc3c(N)ncnc32)[C@H](O)[C@@H]1OP(=O)([O-])[O-])NC(C)=O. The number of fused-ring (bicyclic) bond motifs is 1. The van der Waals surface area contributed by atoms with E-state index >= 15 is 0 Å². The molecule has 1 aliphatic heterocycles. The highest BCUT2D eigenvalue weighted by atomic mass is 32.2. The lowest BCUT2D eigenvalue weighted by molar-refractivity contribution is -0.347. The van der Waals surface area contributed by atoms with Crippen molar-refractivity contribution in [2.45, 2.75) is 83.1 Å². The van der Waals surface area contributed by atoms with Crippen LogP contribution in [0.4, 0.5) is 5.82 Å². The van der Waals surface area contributed by atoms with Gasteiger partial charge in [-0.3, -0.25) is 32.9 Å². The fourth-order valence-electron chi connectivity index (χ4n) is 5.73. The number of methoxy groups -OCH3 is 1. The van der Waals surface area contributed by atoms with Crippen molar-refractivity contribution in [2.75, 3.05) is 57.2 Å². The summed E-state index contributed by atoms with van der Waals surface area (Å²) in [6, 6.07) is -0.772. The van der Waals surface area contributed by atoms with Gasteiger partial charge < -0.3 is 84.4 Å². The summed E-state index contributed by atoms with van der Waals surface area (Å²) in [5.74, 6) is -2.30. The zero-order chi connectivity index (χ0) is 48.8. The van der Waals surface area contributed by atoms with E-state index in [1.165, 1.54) is 39.6 Å². The topological polar surface area (TPSA) is 442 Å².